The summed E-state index contributed by atoms with van der Waals surface area (Å²) in [5.41, 5.74) is 5.33. The lowest BCUT2D eigenvalue weighted by Gasteiger charge is -2.13. The van der Waals surface area contributed by atoms with Crippen LogP contribution in [0, 0.1) is 0 Å². The Morgan fingerprint density at radius 3 is 2.90 bits per heavy atom. The maximum absolute atomic E-state index is 11.7. The smallest absolute Gasteiger partial charge is 0.353 e. The van der Waals surface area contributed by atoms with Crippen molar-refractivity contribution in [1.82, 2.24) is 9.97 Å². The Balaban J connectivity index is 2.09. The van der Waals surface area contributed by atoms with E-state index >= 15 is 0 Å². The van der Waals surface area contributed by atoms with Gasteiger partial charge in [0.2, 0.25) is 0 Å². The van der Waals surface area contributed by atoms with E-state index in [2.05, 4.69) is 15.0 Å². The standard InChI is InChI=1S/C10H13N4O5P/c11-10-13-7(18)4-8(14-10)20(2-12-4)9-6(17)5(16)3(1-15)19-9/h2-3,5-6,9,15-17H,1H2,(H3,11,13,14,18)/p+1/t3-,5-,6-,9+,20?/m1/s1. The van der Waals surface area contributed by atoms with Crippen LogP contribution in [0.25, 0.3) is 10.8 Å². The number of fused-ring (bicyclic) bond motifs is 1. The van der Waals surface area contributed by atoms with E-state index in [0.717, 1.165) is 0 Å². The number of nitrogens with one attached hydrogen (secondary N) is 2. The van der Waals surface area contributed by atoms with Crippen LogP contribution >= 0.6 is 7.53 Å². The molecule has 1 fully saturated rings. The monoisotopic (exact) mass is 301 g/mol. The van der Waals surface area contributed by atoms with Crippen molar-refractivity contribution in [3.05, 3.63) is 16.3 Å². The quantitative estimate of drug-likeness (QED) is 0.426. The fraction of sp³-hybridized carbons (Fsp3) is 0.500. The Hall–Kier alpha value is -1.51. The van der Waals surface area contributed by atoms with Crippen LogP contribution in [-0.2, 0) is 4.74 Å². The number of aromatic nitrogens is 3. The average molecular weight is 301 g/mol. The molecule has 2 aromatic heterocycles. The second-order valence-electron chi connectivity index (χ2n) is 4.57. The molecule has 0 bridgehead atoms. The van der Waals surface area contributed by atoms with Gasteiger partial charge >= 0.3 is 11.5 Å². The molecule has 10 heteroatoms. The molecule has 1 aliphatic heterocycles. The molecule has 1 aliphatic rings. The fourth-order valence-electron chi connectivity index (χ4n) is 2.29. The lowest BCUT2D eigenvalue weighted by Crippen LogP contribution is -2.32. The van der Waals surface area contributed by atoms with Crippen molar-refractivity contribution in [3.8, 4) is 0 Å². The molecule has 20 heavy (non-hydrogen) atoms. The zero-order valence-corrected chi connectivity index (χ0v) is 11.1. The van der Waals surface area contributed by atoms with Gasteiger partial charge in [-0.15, -0.1) is 0 Å². The highest BCUT2D eigenvalue weighted by Gasteiger charge is 2.44. The Morgan fingerprint density at radius 1 is 1.50 bits per heavy atom. The van der Waals surface area contributed by atoms with Crippen molar-refractivity contribution in [1.29, 1.82) is 0 Å². The molecule has 1 unspecified atom stereocenters. The van der Waals surface area contributed by atoms with Gasteiger partial charge in [0, 0.05) is 0 Å². The summed E-state index contributed by atoms with van der Waals surface area (Å²) >= 11 is 0. The van der Waals surface area contributed by atoms with Crippen LogP contribution in [0.4, 0.5) is 5.95 Å². The van der Waals surface area contributed by atoms with Crippen LogP contribution in [0.15, 0.2) is 10.7 Å². The number of rotatable bonds is 2. The number of aliphatic hydroxyl groups is 3. The van der Waals surface area contributed by atoms with Gasteiger partial charge in [0.1, 0.15) is 24.2 Å². The van der Waals surface area contributed by atoms with Crippen molar-refractivity contribution < 1.29 is 25.0 Å². The van der Waals surface area contributed by atoms with Gasteiger partial charge in [0.05, 0.1) is 12.5 Å². The summed E-state index contributed by atoms with van der Waals surface area (Å²) in [7, 11) is -1.28. The number of aliphatic hydroxyl groups excluding tert-OH is 3. The van der Waals surface area contributed by atoms with E-state index in [9.17, 15) is 15.0 Å². The summed E-state index contributed by atoms with van der Waals surface area (Å²) in [5.74, 6) is 0.851. The summed E-state index contributed by atoms with van der Waals surface area (Å²) in [6.07, 6.45) is -3.19. The predicted octanol–water partition coefficient (Wildman–Crippen LogP) is -2.08. The lowest BCUT2D eigenvalue weighted by atomic mass is 10.2. The summed E-state index contributed by atoms with van der Waals surface area (Å²) in [5, 5.41) is 29.4. The number of nitrogens with two attached hydrogens (primary N) is 1. The van der Waals surface area contributed by atoms with E-state index in [1.54, 1.807) is 0 Å². The molecule has 0 aliphatic carbocycles. The van der Waals surface area contributed by atoms with E-state index in [1.807, 2.05) is 0 Å². The van der Waals surface area contributed by atoms with E-state index in [-0.39, 0.29) is 11.5 Å². The van der Waals surface area contributed by atoms with Crippen molar-refractivity contribution >= 4 is 24.2 Å². The molecule has 0 radical (unpaired) electrons. The van der Waals surface area contributed by atoms with Crippen LogP contribution in [0.5, 0.6) is 0 Å². The Kier molecular flexibility index (Phi) is 3.23. The molecule has 7 N–H and O–H groups in total. The molecule has 3 heterocycles. The van der Waals surface area contributed by atoms with Gasteiger partial charge in [-0.2, -0.15) is 0 Å². The molecule has 9 nitrogen and oxygen atoms in total. The molecule has 0 spiro atoms. The first-order chi connectivity index (χ1) is 9.52. The van der Waals surface area contributed by atoms with Gasteiger partial charge in [0.25, 0.3) is 0 Å². The highest BCUT2D eigenvalue weighted by molar-refractivity contribution is 7.54. The molecule has 1 saturated heterocycles. The normalized spacial score (nSPS) is 31.1. The number of hydrogen-bond acceptors (Lipinski definition) is 7. The lowest BCUT2D eigenvalue weighted by molar-refractivity contribution is -0.328. The van der Waals surface area contributed by atoms with Crippen molar-refractivity contribution in [3.63, 3.8) is 0 Å². The van der Waals surface area contributed by atoms with E-state index < -0.39 is 43.9 Å². The minimum absolute atomic E-state index is 0.0819. The third-order valence-corrected chi connectivity index (χ3v) is 5.48. The zero-order valence-electron chi connectivity index (χ0n) is 10.2. The largest absolute Gasteiger partial charge is 0.394 e. The maximum Gasteiger partial charge on any atom is 0.353 e. The second kappa shape index (κ2) is 4.80. The molecular weight excluding hydrogens is 287 g/mol. The van der Waals surface area contributed by atoms with Gasteiger partial charge in [-0.3, -0.25) is 5.73 Å². The third kappa shape index (κ3) is 1.91. The van der Waals surface area contributed by atoms with Crippen molar-refractivity contribution in [2.24, 2.45) is 0 Å². The molecule has 0 saturated carbocycles. The first kappa shape index (κ1) is 13.5. The van der Waals surface area contributed by atoms with E-state index in [4.69, 9.17) is 15.6 Å². The topological polar surface area (TPSA) is 156 Å². The first-order valence-electron chi connectivity index (χ1n) is 5.93. The first-order valence-corrected chi connectivity index (χ1v) is 7.41. The van der Waals surface area contributed by atoms with E-state index in [0.29, 0.717) is 5.25 Å². The Morgan fingerprint density at radius 2 is 2.25 bits per heavy atom. The molecule has 0 amide bonds. The summed E-state index contributed by atoms with van der Waals surface area (Å²) in [6, 6.07) is 0. The second-order valence-corrected chi connectivity index (χ2v) is 6.57. The minimum atomic E-state index is -1.28. The summed E-state index contributed by atoms with van der Waals surface area (Å²) in [6.45, 7) is -0.400. The number of anilines is 1. The van der Waals surface area contributed by atoms with Crippen LogP contribution < -0.4 is 16.3 Å². The third-order valence-electron chi connectivity index (χ3n) is 3.30. The minimum Gasteiger partial charge on any atom is -0.394 e. The number of hydrogen-bond donors (Lipinski definition) is 5. The number of nitrogen functional groups attached to an aromatic ring is 1. The molecule has 3 rings (SSSR count). The van der Waals surface area contributed by atoms with Gasteiger partial charge in [-0.25, -0.2) is 19.7 Å². The maximum atomic E-state index is 11.7. The van der Waals surface area contributed by atoms with Crippen molar-refractivity contribution in [2.75, 3.05) is 12.3 Å². The van der Waals surface area contributed by atoms with Gasteiger partial charge in [0.15, 0.2) is 10.8 Å². The van der Waals surface area contributed by atoms with Crippen molar-refractivity contribution in [2.45, 2.75) is 24.2 Å². The van der Waals surface area contributed by atoms with E-state index in [1.165, 1.54) is 5.93 Å². The molecule has 108 valence electrons. The Labute approximate surface area is 113 Å². The number of aromatic amines is 2. The highest BCUT2D eigenvalue weighted by Crippen LogP contribution is 2.50. The average Bonchev–Trinajstić information content (AvgIpc) is 2.93. The predicted molar refractivity (Wildman–Crippen MR) is 69.0 cm³/mol. The van der Waals surface area contributed by atoms with Gasteiger partial charge < -0.3 is 20.1 Å². The number of ether oxygens (including phenoxy) is 1. The van der Waals surface area contributed by atoms with Gasteiger partial charge in [-0.05, 0) is 7.53 Å². The number of H-pyrrole nitrogens is 2. The SMILES string of the molecule is Nc1[nH]c(=O)c2ncp([C@@H]3O[C@H](CO)[C@@H](O)[C@H]3O)c2[nH+]1. The van der Waals surface area contributed by atoms with Crippen LogP contribution in [0.3, 0.4) is 0 Å². The molecule has 2 aromatic rings. The summed E-state index contributed by atoms with van der Waals surface area (Å²) < 4.78 is 5.47. The highest BCUT2D eigenvalue weighted by atomic mass is 31.1. The summed E-state index contributed by atoms with van der Waals surface area (Å²) in [4.78, 5) is 20.9. The fourth-order valence-corrected chi connectivity index (χ4v) is 4.48. The van der Waals surface area contributed by atoms with Crippen LogP contribution in [0.1, 0.15) is 5.85 Å². The van der Waals surface area contributed by atoms with Gasteiger partial charge in [-0.1, -0.05) is 0 Å². The zero-order chi connectivity index (χ0) is 14.4. The number of nitrogens with zero attached hydrogens (tertiary/aromatic N) is 1. The van der Waals surface area contributed by atoms with Crippen LogP contribution in [-0.4, -0.2) is 50.2 Å². The molecule has 5 atom stereocenters. The Bertz CT molecular complexity index is 701. The molecule has 0 aromatic carbocycles. The van der Waals surface area contributed by atoms with Crippen LogP contribution in [0.2, 0.25) is 0 Å². The molecular formula is C10H14N4O5P+.